The van der Waals surface area contributed by atoms with Crippen molar-refractivity contribution in [1.82, 2.24) is 9.97 Å². The lowest BCUT2D eigenvalue weighted by atomic mass is 10.5. The van der Waals surface area contributed by atoms with Crippen LogP contribution < -0.4 is 4.74 Å². The first kappa shape index (κ1) is 8.20. The zero-order valence-corrected chi connectivity index (χ0v) is 6.81. The Kier molecular flexibility index (Phi) is 2.24. The van der Waals surface area contributed by atoms with Crippen LogP contribution in [0.1, 0.15) is 5.82 Å². The van der Waals surface area contributed by atoms with Crippen molar-refractivity contribution in [3.05, 3.63) is 16.8 Å². The largest absolute Gasteiger partial charge is 0.479 e. The maximum Gasteiger partial charge on any atom is 0.255 e. The first-order valence-electron chi connectivity index (χ1n) is 2.88. The van der Waals surface area contributed by atoms with Gasteiger partial charge in [-0.3, -0.25) is 0 Å². The van der Waals surface area contributed by atoms with E-state index in [9.17, 15) is 4.39 Å². The van der Waals surface area contributed by atoms with Gasteiger partial charge in [-0.1, -0.05) is 11.6 Å². The van der Waals surface area contributed by atoms with Crippen LogP contribution in [0, 0.1) is 12.7 Å². The summed E-state index contributed by atoms with van der Waals surface area (Å²) in [5.74, 6) is -0.462. The number of methoxy groups -OCH3 is 1. The Morgan fingerprint density at radius 2 is 2.09 bits per heavy atom. The third-order valence-corrected chi connectivity index (χ3v) is 1.34. The molecule has 0 atom stereocenters. The molecule has 60 valence electrons. The van der Waals surface area contributed by atoms with Crippen molar-refractivity contribution in [2.45, 2.75) is 6.92 Å². The van der Waals surface area contributed by atoms with Gasteiger partial charge >= 0.3 is 0 Å². The van der Waals surface area contributed by atoms with Gasteiger partial charge in [0, 0.05) is 0 Å². The minimum atomic E-state index is -0.722. The summed E-state index contributed by atoms with van der Waals surface area (Å²) in [4.78, 5) is 7.24. The zero-order valence-electron chi connectivity index (χ0n) is 6.06. The molecule has 1 heterocycles. The quantitative estimate of drug-likeness (QED) is 0.610. The lowest BCUT2D eigenvalue weighted by Crippen LogP contribution is -1.97. The van der Waals surface area contributed by atoms with Gasteiger partial charge in [0.2, 0.25) is 5.82 Å². The molecule has 3 nitrogen and oxygen atoms in total. The van der Waals surface area contributed by atoms with E-state index in [1.54, 1.807) is 6.92 Å². The van der Waals surface area contributed by atoms with Gasteiger partial charge in [-0.2, -0.15) is 9.37 Å². The summed E-state index contributed by atoms with van der Waals surface area (Å²) in [7, 11) is 1.32. The van der Waals surface area contributed by atoms with Gasteiger partial charge in [-0.15, -0.1) is 0 Å². The Morgan fingerprint density at radius 1 is 1.45 bits per heavy atom. The van der Waals surface area contributed by atoms with Gasteiger partial charge in [0.25, 0.3) is 5.88 Å². The zero-order chi connectivity index (χ0) is 8.43. The number of nitrogens with zero attached hydrogens (tertiary/aromatic N) is 2. The van der Waals surface area contributed by atoms with Gasteiger partial charge in [0.1, 0.15) is 5.82 Å². The molecule has 0 aliphatic rings. The normalized spacial score (nSPS) is 9.82. The lowest BCUT2D eigenvalue weighted by molar-refractivity contribution is 0.365. The number of hydrogen-bond acceptors (Lipinski definition) is 3. The molecule has 0 bridgehead atoms. The Bertz CT molecular complexity index is 280. The monoisotopic (exact) mass is 176 g/mol. The van der Waals surface area contributed by atoms with Gasteiger partial charge in [-0.25, -0.2) is 4.98 Å². The number of aromatic nitrogens is 2. The number of aryl methyl sites for hydroxylation is 1. The summed E-state index contributed by atoms with van der Waals surface area (Å²) in [6.07, 6.45) is 0. The summed E-state index contributed by atoms with van der Waals surface area (Å²) < 4.78 is 17.4. The number of ether oxygens (including phenoxy) is 1. The van der Waals surface area contributed by atoms with Crippen LogP contribution in [0.4, 0.5) is 4.39 Å². The van der Waals surface area contributed by atoms with Crippen molar-refractivity contribution in [3.8, 4) is 5.88 Å². The number of halogens is 2. The predicted molar refractivity (Wildman–Crippen MR) is 38.3 cm³/mol. The van der Waals surface area contributed by atoms with Crippen molar-refractivity contribution in [1.29, 1.82) is 0 Å². The summed E-state index contributed by atoms with van der Waals surface area (Å²) in [5.41, 5.74) is 0. The fourth-order valence-electron chi connectivity index (χ4n) is 0.636. The highest BCUT2D eigenvalue weighted by Gasteiger charge is 2.10. The molecule has 0 aromatic carbocycles. The van der Waals surface area contributed by atoms with Crippen LogP contribution >= 0.6 is 11.6 Å². The van der Waals surface area contributed by atoms with Crippen LogP contribution in [-0.4, -0.2) is 17.1 Å². The molecule has 0 N–H and O–H groups in total. The second-order valence-electron chi connectivity index (χ2n) is 1.88. The lowest BCUT2D eigenvalue weighted by Gasteiger charge is -2.01. The molecule has 1 aromatic heterocycles. The summed E-state index contributed by atoms with van der Waals surface area (Å²) >= 11 is 5.39. The van der Waals surface area contributed by atoms with E-state index in [0.29, 0.717) is 5.82 Å². The average molecular weight is 177 g/mol. The Morgan fingerprint density at radius 3 is 2.64 bits per heavy atom. The maximum absolute atomic E-state index is 12.8. The van der Waals surface area contributed by atoms with E-state index in [2.05, 4.69) is 14.7 Å². The fraction of sp³-hybridized carbons (Fsp3) is 0.333. The van der Waals surface area contributed by atoms with Crippen molar-refractivity contribution in [2.24, 2.45) is 0 Å². The van der Waals surface area contributed by atoms with Crippen molar-refractivity contribution in [2.75, 3.05) is 7.11 Å². The standard InChI is InChI=1S/C6H6ClFN2O/c1-3-9-5(7)4(8)6(10-3)11-2/h1-2H3. The molecule has 0 spiro atoms. The molecule has 0 unspecified atom stereocenters. The molecule has 0 aliphatic carbocycles. The number of rotatable bonds is 1. The Hall–Kier alpha value is -0.900. The molecular weight excluding hydrogens is 171 g/mol. The molecule has 1 aromatic rings. The molecule has 11 heavy (non-hydrogen) atoms. The molecule has 0 radical (unpaired) electrons. The minimum Gasteiger partial charge on any atom is -0.479 e. The highest BCUT2D eigenvalue weighted by Crippen LogP contribution is 2.19. The van der Waals surface area contributed by atoms with E-state index < -0.39 is 5.82 Å². The molecule has 1 rings (SSSR count). The van der Waals surface area contributed by atoms with Gasteiger partial charge < -0.3 is 4.74 Å². The summed E-state index contributed by atoms with van der Waals surface area (Å²) in [6, 6.07) is 0. The maximum atomic E-state index is 12.8. The molecule has 0 saturated carbocycles. The third-order valence-electron chi connectivity index (χ3n) is 1.09. The van der Waals surface area contributed by atoms with E-state index in [1.807, 2.05) is 0 Å². The van der Waals surface area contributed by atoms with Crippen LogP contribution in [0.5, 0.6) is 5.88 Å². The van der Waals surface area contributed by atoms with E-state index in [0.717, 1.165) is 0 Å². The van der Waals surface area contributed by atoms with Crippen molar-refractivity contribution < 1.29 is 9.13 Å². The Balaban J connectivity index is 3.24. The average Bonchev–Trinajstić information content (AvgIpc) is 1.96. The second kappa shape index (κ2) is 3.00. The van der Waals surface area contributed by atoms with Gasteiger partial charge in [0.15, 0.2) is 5.15 Å². The van der Waals surface area contributed by atoms with Crippen LogP contribution in [0.2, 0.25) is 5.15 Å². The molecule has 0 fully saturated rings. The highest BCUT2D eigenvalue weighted by atomic mass is 35.5. The smallest absolute Gasteiger partial charge is 0.255 e. The van der Waals surface area contributed by atoms with Crippen LogP contribution in [0.25, 0.3) is 0 Å². The third kappa shape index (κ3) is 1.57. The molecule has 0 amide bonds. The van der Waals surface area contributed by atoms with E-state index >= 15 is 0 Å². The van der Waals surface area contributed by atoms with Gasteiger partial charge in [-0.05, 0) is 6.92 Å². The Labute approximate surface area is 68.2 Å². The fourth-order valence-corrected chi connectivity index (χ4v) is 0.839. The number of hydrogen-bond donors (Lipinski definition) is 0. The topological polar surface area (TPSA) is 35.0 Å². The van der Waals surface area contributed by atoms with E-state index in [4.69, 9.17) is 11.6 Å². The first-order valence-corrected chi connectivity index (χ1v) is 3.26. The van der Waals surface area contributed by atoms with Crippen LogP contribution in [-0.2, 0) is 0 Å². The molecule has 0 saturated heterocycles. The van der Waals surface area contributed by atoms with Gasteiger partial charge in [0.05, 0.1) is 7.11 Å². The van der Waals surface area contributed by atoms with Crippen LogP contribution in [0.3, 0.4) is 0 Å². The minimum absolute atomic E-state index is 0.123. The first-order chi connectivity index (χ1) is 5.15. The molecule has 5 heteroatoms. The molecular formula is C6H6ClFN2O. The predicted octanol–water partition coefficient (Wildman–Crippen LogP) is 1.59. The molecule has 0 aliphatic heterocycles. The SMILES string of the molecule is COc1nc(C)nc(Cl)c1F. The van der Waals surface area contributed by atoms with E-state index in [-0.39, 0.29) is 11.0 Å². The van der Waals surface area contributed by atoms with Crippen LogP contribution in [0.15, 0.2) is 0 Å². The second-order valence-corrected chi connectivity index (χ2v) is 2.24. The highest BCUT2D eigenvalue weighted by molar-refractivity contribution is 6.29. The van der Waals surface area contributed by atoms with E-state index in [1.165, 1.54) is 7.11 Å². The summed E-state index contributed by atoms with van der Waals surface area (Å²) in [5, 5.41) is -0.214. The van der Waals surface area contributed by atoms with Crippen molar-refractivity contribution >= 4 is 11.6 Å². The van der Waals surface area contributed by atoms with Crippen molar-refractivity contribution in [3.63, 3.8) is 0 Å². The summed E-state index contributed by atoms with van der Waals surface area (Å²) in [6.45, 7) is 1.60.